The van der Waals surface area contributed by atoms with Gasteiger partial charge < -0.3 is 10.2 Å². The van der Waals surface area contributed by atoms with Crippen LogP contribution in [0.1, 0.15) is 45.1 Å². The fourth-order valence-electron chi connectivity index (χ4n) is 3.22. The topological polar surface area (TPSA) is 49.4 Å². The Bertz CT molecular complexity index is 616. The highest BCUT2D eigenvalue weighted by molar-refractivity contribution is 8.01. The minimum atomic E-state index is -0.354. The molecule has 4 nitrogen and oxygen atoms in total. The average Bonchev–Trinajstić information content (AvgIpc) is 2.96. The molecule has 5 heteroatoms. The molecule has 2 saturated heterocycles. The number of nitrogens with one attached hydrogen (secondary N) is 1. The van der Waals surface area contributed by atoms with Crippen LogP contribution in [0.4, 0.5) is 5.69 Å². The van der Waals surface area contributed by atoms with Crippen LogP contribution < -0.4 is 5.32 Å². The number of anilines is 1. The van der Waals surface area contributed by atoms with Crippen LogP contribution in [0.2, 0.25) is 0 Å². The highest BCUT2D eigenvalue weighted by Crippen LogP contribution is 2.47. The van der Waals surface area contributed by atoms with Gasteiger partial charge in [-0.25, -0.2) is 0 Å². The number of carbonyl (C=O) groups is 2. The molecule has 2 heterocycles. The van der Waals surface area contributed by atoms with E-state index in [1.165, 1.54) is 5.56 Å². The second kappa shape index (κ2) is 5.61. The molecule has 118 valence electrons. The van der Waals surface area contributed by atoms with Crippen molar-refractivity contribution in [1.29, 1.82) is 0 Å². The van der Waals surface area contributed by atoms with Gasteiger partial charge in [-0.2, -0.15) is 0 Å². The first-order chi connectivity index (χ1) is 10.4. The summed E-state index contributed by atoms with van der Waals surface area (Å²) in [6, 6.07) is 7.58. The van der Waals surface area contributed by atoms with Crippen molar-refractivity contribution in [2.75, 3.05) is 11.1 Å². The average molecular weight is 318 g/mol. The van der Waals surface area contributed by atoms with E-state index in [0.717, 1.165) is 12.1 Å². The molecular formula is C17H22N2O2S. The van der Waals surface area contributed by atoms with Crippen LogP contribution in [0.5, 0.6) is 0 Å². The highest BCUT2D eigenvalue weighted by Gasteiger charge is 2.52. The predicted molar refractivity (Wildman–Crippen MR) is 89.9 cm³/mol. The summed E-state index contributed by atoms with van der Waals surface area (Å²) < 4.78 is 0. The highest BCUT2D eigenvalue weighted by atomic mass is 32.2. The minimum absolute atomic E-state index is 0.0765. The first-order valence-electron chi connectivity index (χ1n) is 7.78. The largest absolute Gasteiger partial charge is 0.324 e. The summed E-state index contributed by atoms with van der Waals surface area (Å²) in [6.07, 6.45) is 1.39. The van der Waals surface area contributed by atoms with E-state index in [2.05, 4.69) is 32.2 Å². The second-order valence-corrected chi connectivity index (χ2v) is 8.04. The molecule has 1 N–H and O–H groups in total. The van der Waals surface area contributed by atoms with Gasteiger partial charge in [-0.1, -0.05) is 26.0 Å². The van der Waals surface area contributed by atoms with Crippen molar-refractivity contribution in [1.82, 2.24) is 4.90 Å². The number of nitrogens with zero attached hydrogens (tertiary/aromatic N) is 1. The Balaban J connectivity index is 1.75. The minimum Gasteiger partial charge on any atom is -0.324 e. The van der Waals surface area contributed by atoms with Gasteiger partial charge in [0.1, 0.15) is 6.04 Å². The molecule has 0 unspecified atom stereocenters. The first kappa shape index (κ1) is 15.4. The van der Waals surface area contributed by atoms with Crippen molar-refractivity contribution < 1.29 is 9.59 Å². The summed E-state index contributed by atoms with van der Waals surface area (Å²) in [5.74, 6) is 1.12. The number of carbonyl (C=O) groups excluding carboxylic acids is 2. The van der Waals surface area contributed by atoms with E-state index in [4.69, 9.17) is 0 Å². The molecule has 22 heavy (non-hydrogen) atoms. The van der Waals surface area contributed by atoms with Crippen LogP contribution in [0.15, 0.2) is 24.3 Å². The lowest BCUT2D eigenvalue weighted by Gasteiger charge is -2.29. The summed E-state index contributed by atoms with van der Waals surface area (Å²) in [4.78, 5) is 26.3. The number of fused-ring (bicyclic) bond motifs is 1. The number of hydrogen-bond acceptors (Lipinski definition) is 3. The Hall–Kier alpha value is -1.49. The molecule has 0 bridgehead atoms. The summed E-state index contributed by atoms with van der Waals surface area (Å²) in [6.45, 7) is 6.32. The molecule has 3 rings (SSSR count). The van der Waals surface area contributed by atoms with Gasteiger partial charge in [0.15, 0.2) is 0 Å². The van der Waals surface area contributed by atoms with Gasteiger partial charge in [0.05, 0.1) is 4.87 Å². The van der Waals surface area contributed by atoms with Gasteiger partial charge in [0.2, 0.25) is 11.8 Å². The first-order valence-corrected chi connectivity index (χ1v) is 8.76. The Morgan fingerprint density at radius 2 is 2.23 bits per heavy atom. The number of thioether (sulfide) groups is 1. The molecule has 0 radical (unpaired) electrons. The van der Waals surface area contributed by atoms with Crippen molar-refractivity contribution in [3.05, 3.63) is 29.8 Å². The van der Waals surface area contributed by atoms with Gasteiger partial charge in [0, 0.05) is 17.9 Å². The Morgan fingerprint density at radius 3 is 2.95 bits per heavy atom. The molecule has 2 amide bonds. The Kier molecular flexibility index (Phi) is 3.93. The zero-order valence-electron chi connectivity index (χ0n) is 13.3. The van der Waals surface area contributed by atoms with Crippen molar-refractivity contribution in [3.63, 3.8) is 0 Å². The zero-order chi connectivity index (χ0) is 15.9. The third kappa shape index (κ3) is 2.62. The number of amides is 2. The molecule has 2 fully saturated rings. The van der Waals surface area contributed by atoms with E-state index < -0.39 is 0 Å². The standard InChI is InChI=1S/C17H22N2O2S/c1-11(2)12-5-4-6-13(9-12)18-16(21)14-10-22-17(3)8-7-15(20)19(14)17/h4-6,9,11,14H,7-8,10H2,1-3H3,(H,18,21)/t14-,17-/m1/s1. The van der Waals surface area contributed by atoms with E-state index in [0.29, 0.717) is 18.1 Å². The normalized spacial score (nSPS) is 27.4. The van der Waals surface area contributed by atoms with Crippen molar-refractivity contribution in [2.24, 2.45) is 0 Å². The van der Waals surface area contributed by atoms with Crippen LogP contribution >= 0.6 is 11.8 Å². The van der Waals surface area contributed by atoms with Gasteiger partial charge in [-0.15, -0.1) is 11.8 Å². The molecule has 2 atom stereocenters. The summed E-state index contributed by atoms with van der Waals surface area (Å²) in [7, 11) is 0. The zero-order valence-corrected chi connectivity index (χ0v) is 14.1. The van der Waals surface area contributed by atoms with Crippen molar-refractivity contribution >= 4 is 29.3 Å². The van der Waals surface area contributed by atoms with E-state index in [1.54, 1.807) is 16.7 Å². The van der Waals surface area contributed by atoms with Crippen molar-refractivity contribution in [2.45, 2.75) is 50.4 Å². The molecule has 0 aromatic heterocycles. The Morgan fingerprint density at radius 1 is 1.45 bits per heavy atom. The molecule has 1 aromatic rings. The molecular weight excluding hydrogens is 296 g/mol. The monoisotopic (exact) mass is 318 g/mol. The lowest BCUT2D eigenvalue weighted by atomic mass is 10.0. The van der Waals surface area contributed by atoms with Crippen LogP contribution in [0.25, 0.3) is 0 Å². The van der Waals surface area contributed by atoms with Crippen molar-refractivity contribution in [3.8, 4) is 0 Å². The molecule has 1 aromatic carbocycles. The fraction of sp³-hybridized carbons (Fsp3) is 0.529. The maximum atomic E-state index is 12.6. The van der Waals surface area contributed by atoms with Gasteiger partial charge in [0.25, 0.3) is 0 Å². The lowest BCUT2D eigenvalue weighted by Crippen LogP contribution is -2.48. The molecule has 0 spiro atoms. The number of hydrogen-bond donors (Lipinski definition) is 1. The number of benzene rings is 1. The Labute approximate surface area is 135 Å². The van der Waals surface area contributed by atoms with E-state index in [9.17, 15) is 9.59 Å². The summed E-state index contributed by atoms with van der Waals surface area (Å²) in [5, 5.41) is 2.98. The van der Waals surface area contributed by atoms with Crippen LogP contribution in [-0.2, 0) is 9.59 Å². The summed E-state index contributed by atoms with van der Waals surface area (Å²) >= 11 is 1.72. The van der Waals surface area contributed by atoms with Gasteiger partial charge >= 0.3 is 0 Å². The van der Waals surface area contributed by atoms with E-state index in [1.807, 2.05) is 18.2 Å². The van der Waals surface area contributed by atoms with Crippen LogP contribution in [0.3, 0.4) is 0 Å². The SMILES string of the molecule is CC(C)c1cccc(NC(=O)[C@H]2CS[C@]3(C)CCC(=O)N23)c1. The number of rotatable bonds is 3. The molecule has 0 saturated carbocycles. The summed E-state index contributed by atoms with van der Waals surface area (Å²) in [5.41, 5.74) is 2.00. The third-order valence-corrected chi connectivity index (χ3v) is 6.07. The molecule has 2 aliphatic rings. The quantitative estimate of drug-likeness (QED) is 0.931. The van der Waals surface area contributed by atoms with Crippen LogP contribution in [0, 0.1) is 0 Å². The van der Waals surface area contributed by atoms with Crippen LogP contribution in [-0.4, -0.2) is 33.4 Å². The third-order valence-electron chi connectivity index (χ3n) is 4.57. The maximum Gasteiger partial charge on any atom is 0.248 e. The fourth-order valence-corrected chi connectivity index (χ4v) is 4.65. The van der Waals surface area contributed by atoms with Gasteiger partial charge in [-0.3, -0.25) is 9.59 Å². The second-order valence-electron chi connectivity index (χ2n) is 6.53. The smallest absolute Gasteiger partial charge is 0.248 e. The van der Waals surface area contributed by atoms with E-state index >= 15 is 0 Å². The van der Waals surface area contributed by atoms with Gasteiger partial charge in [-0.05, 0) is 37.0 Å². The molecule has 2 aliphatic heterocycles. The van der Waals surface area contributed by atoms with E-state index in [-0.39, 0.29) is 22.7 Å². The predicted octanol–water partition coefficient (Wildman–Crippen LogP) is 3.20. The maximum absolute atomic E-state index is 12.6. The lowest BCUT2D eigenvalue weighted by molar-refractivity contribution is -0.135. The molecule has 0 aliphatic carbocycles.